The molecule has 2 nitrogen and oxygen atoms in total. The van der Waals surface area contributed by atoms with E-state index >= 15 is 0 Å². The first kappa shape index (κ1) is 9.51. The largest absolute Gasteiger partial charge is 0.272 e. The Kier molecular flexibility index (Phi) is 4.44. The maximum Gasteiger partial charge on any atom is 0.0623 e. The topological polar surface area (TPSA) is 17.8 Å². The van der Waals surface area contributed by atoms with Gasteiger partial charge < -0.3 is 0 Å². The van der Waals surface area contributed by atoms with Crippen LogP contribution in [0.2, 0.25) is 0 Å². The van der Waals surface area contributed by atoms with Crippen LogP contribution in [0, 0.1) is 3.57 Å². The summed E-state index contributed by atoms with van der Waals surface area (Å²) in [6, 6.07) is 0. The Balaban J connectivity index is 2.27. The van der Waals surface area contributed by atoms with Gasteiger partial charge in [0.2, 0.25) is 0 Å². The Labute approximate surface area is 88.6 Å². The van der Waals surface area contributed by atoms with Crippen LogP contribution in [-0.4, -0.2) is 15.1 Å². The third kappa shape index (κ3) is 3.55. The molecule has 0 radical (unpaired) electrons. The molecule has 0 N–H and O–H groups in total. The van der Waals surface area contributed by atoms with Crippen LogP contribution >= 0.6 is 38.5 Å². The van der Waals surface area contributed by atoms with Crippen molar-refractivity contribution in [1.82, 2.24) is 9.78 Å². The van der Waals surface area contributed by atoms with Crippen molar-refractivity contribution in [3.8, 4) is 0 Å². The van der Waals surface area contributed by atoms with Crippen LogP contribution in [0.25, 0.3) is 0 Å². The second kappa shape index (κ2) is 5.13. The number of aromatic nitrogens is 2. The molecule has 1 aromatic heterocycles. The van der Waals surface area contributed by atoms with Crippen LogP contribution in [0.3, 0.4) is 0 Å². The summed E-state index contributed by atoms with van der Waals surface area (Å²) in [7, 11) is 0. The molecule has 11 heavy (non-hydrogen) atoms. The average Bonchev–Trinajstić information content (AvgIpc) is 2.37. The molecule has 0 aliphatic heterocycles. The standard InChI is InChI=1S/C7H10BrIN2/c8-3-1-2-4-11-6-7(9)5-10-11/h5-6H,1-4H2. The van der Waals surface area contributed by atoms with Gasteiger partial charge in [0, 0.05) is 18.1 Å². The van der Waals surface area contributed by atoms with Gasteiger partial charge in [0.15, 0.2) is 0 Å². The molecule has 0 amide bonds. The Morgan fingerprint density at radius 1 is 1.55 bits per heavy atom. The van der Waals surface area contributed by atoms with Gasteiger partial charge in [-0.2, -0.15) is 5.10 Å². The van der Waals surface area contributed by atoms with Gasteiger partial charge in [-0.1, -0.05) is 15.9 Å². The van der Waals surface area contributed by atoms with Crippen molar-refractivity contribution in [2.45, 2.75) is 19.4 Å². The van der Waals surface area contributed by atoms with E-state index in [9.17, 15) is 0 Å². The molecule has 0 aromatic carbocycles. The van der Waals surface area contributed by atoms with E-state index in [1.54, 1.807) is 0 Å². The van der Waals surface area contributed by atoms with Crippen LogP contribution in [0.15, 0.2) is 12.4 Å². The molecule has 0 aliphatic carbocycles. The van der Waals surface area contributed by atoms with E-state index in [-0.39, 0.29) is 0 Å². The highest BCUT2D eigenvalue weighted by Crippen LogP contribution is 2.03. The summed E-state index contributed by atoms with van der Waals surface area (Å²) in [5.74, 6) is 0. The number of aryl methyl sites for hydroxylation is 1. The van der Waals surface area contributed by atoms with Crippen molar-refractivity contribution in [3.05, 3.63) is 16.0 Å². The van der Waals surface area contributed by atoms with Crippen molar-refractivity contribution in [1.29, 1.82) is 0 Å². The van der Waals surface area contributed by atoms with Gasteiger partial charge in [-0.15, -0.1) is 0 Å². The summed E-state index contributed by atoms with van der Waals surface area (Å²) in [5.41, 5.74) is 0. The highest BCUT2D eigenvalue weighted by Gasteiger charge is 1.93. The summed E-state index contributed by atoms with van der Waals surface area (Å²) >= 11 is 5.67. The van der Waals surface area contributed by atoms with Crippen molar-refractivity contribution >= 4 is 38.5 Å². The fraction of sp³-hybridized carbons (Fsp3) is 0.571. The molecule has 62 valence electrons. The summed E-state index contributed by atoms with van der Waals surface area (Å²) in [5, 5.41) is 5.27. The lowest BCUT2D eigenvalue weighted by Crippen LogP contribution is -1.97. The molecular formula is C7H10BrIN2. The third-order valence-corrected chi connectivity index (χ3v) is 2.49. The Morgan fingerprint density at radius 2 is 2.36 bits per heavy atom. The predicted octanol–water partition coefficient (Wildman–Crippen LogP) is 2.66. The summed E-state index contributed by atoms with van der Waals surface area (Å²) < 4.78 is 3.20. The maximum absolute atomic E-state index is 4.18. The lowest BCUT2D eigenvalue weighted by molar-refractivity contribution is 0.574. The maximum atomic E-state index is 4.18. The molecule has 0 unspecified atom stereocenters. The number of hydrogen-bond donors (Lipinski definition) is 0. The van der Waals surface area contributed by atoms with Crippen molar-refractivity contribution in [2.24, 2.45) is 0 Å². The molecule has 0 aliphatic rings. The number of nitrogens with zero attached hydrogens (tertiary/aromatic N) is 2. The van der Waals surface area contributed by atoms with E-state index in [1.807, 2.05) is 10.9 Å². The molecule has 0 spiro atoms. The smallest absolute Gasteiger partial charge is 0.0623 e. The van der Waals surface area contributed by atoms with E-state index in [4.69, 9.17) is 0 Å². The number of alkyl halides is 1. The molecule has 0 fully saturated rings. The van der Waals surface area contributed by atoms with E-state index in [0.29, 0.717) is 0 Å². The first-order chi connectivity index (χ1) is 5.33. The SMILES string of the molecule is BrCCCCn1cc(I)cn1. The minimum Gasteiger partial charge on any atom is -0.272 e. The van der Waals surface area contributed by atoms with Gasteiger partial charge in [-0.25, -0.2) is 0 Å². The van der Waals surface area contributed by atoms with E-state index < -0.39 is 0 Å². The van der Waals surface area contributed by atoms with Crippen molar-refractivity contribution in [2.75, 3.05) is 5.33 Å². The van der Waals surface area contributed by atoms with Gasteiger partial charge in [0.1, 0.15) is 0 Å². The molecule has 1 heterocycles. The van der Waals surface area contributed by atoms with Crippen LogP contribution in [0.4, 0.5) is 0 Å². The lowest BCUT2D eigenvalue weighted by atomic mass is 10.3. The summed E-state index contributed by atoms with van der Waals surface area (Å²) in [4.78, 5) is 0. The normalized spacial score (nSPS) is 10.4. The van der Waals surface area contributed by atoms with Gasteiger partial charge in [-0.05, 0) is 35.4 Å². The monoisotopic (exact) mass is 328 g/mol. The first-order valence-corrected chi connectivity index (χ1v) is 5.77. The average molecular weight is 329 g/mol. The fourth-order valence-electron chi connectivity index (χ4n) is 0.829. The first-order valence-electron chi connectivity index (χ1n) is 3.57. The molecule has 0 saturated carbocycles. The zero-order chi connectivity index (χ0) is 8.10. The third-order valence-electron chi connectivity index (χ3n) is 1.37. The van der Waals surface area contributed by atoms with E-state index in [2.05, 4.69) is 49.8 Å². The summed E-state index contributed by atoms with van der Waals surface area (Å²) in [6.45, 7) is 1.04. The fourth-order valence-corrected chi connectivity index (χ4v) is 1.67. The number of halogens is 2. The molecule has 0 atom stereocenters. The molecular weight excluding hydrogens is 319 g/mol. The predicted molar refractivity (Wildman–Crippen MR) is 58.0 cm³/mol. The molecule has 4 heteroatoms. The van der Waals surface area contributed by atoms with Crippen molar-refractivity contribution < 1.29 is 0 Å². The molecule has 1 aromatic rings. The van der Waals surface area contributed by atoms with E-state index in [1.165, 1.54) is 16.4 Å². The van der Waals surface area contributed by atoms with Gasteiger partial charge >= 0.3 is 0 Å². The highest BCUT2D eigenvalue weighted by molar-refractivity contribution is 14.1. The minimum absolute atomic E-state index is 1.04. The van der Waals surface area contributed by atoms with Gasteiger partial charge in [0.05, 0.1) is 9.77 Å². The zero-order valence-electron chi connectivity index (χ0n) is 6.13. The van der Waals surface area contributed by atoms with Crippen LogP contribution in [0.5, 0.6) is 0 Å². The second-order valence-electron chi connectivity index (χ2n) is 2.32. The van der Waals surface area contributed by atoms with E-state index in [0.717, 1.165) is 11.9 Å². The minimum atomic E-state index is 1.04. The Bertz CT molecular complexity index is 212. The quantitative estimate of drug-likeness (QED) is 0.472. The zero-order valence-corrected chi connectivity index (χ0v) is 9.88. The number of unbranched alkanes of at least 4 members (excludes halogenated alkanes) is 1. The molecule has 0 bridgehead atoms. The van der Waals surface area contributed by atoms with Crippen LogP contribution in [0.1, 0.15) is 12.8 Å². The van der Waals surface area contributed by atoms with Gasteiger partial charge in [0.25, 0.3) is 0 Å². The number of rotatable bonds is 4. The lowest BCUT2D eigenvalue weighted by Gasteiger charge is -1.97. The molecule has 0 saturated heterocycles. The Morgan fingerprint density at radius 3 is 2.91 bits per heavy atom. The van der Waals surface area contributed by atoms with Crippen LogP contribution in [-0.2, 0) is 6.54 Å². The van der Waals surface area contributed by atoms with Crippen LogP contribution < -0.4 is 0 Å². The number of hydrogen-bond acceptors (Lipinski definition) is 1. The van der Waals surface area contributed by atoms with Crippen molar-refractivity contribution in [3.63, 3.8) is 0 Å². The van der Waals surface area contributed by atoms with Gasteiger partial charge in [-0.3, -0.25) is 4.68 Å². The Hall–Kier alpha value is 0.420. The molecule has 1 rings (SSSR count). The second-order valence-corrected chi connectivity index (χ2v) is 4.36. The highest BCUT2D eigenvalue weighted by atomic mass is 127. The summed E-state index contributed by atoms with van der Waals surface area (Å²) in [6.07, 6.45) is 6.36.